The summed E-state index contributed by atoms with van der Waals surface area (Å²) in [6, 6.07) is 5.66. The predicted octanol–water partition coefficient (Wildman–Crippen LogP) is 3.94. The number of nitrogens with one attached hydrogen (secondary N) is 2. The van der Waals surface area contributed by atoms with Gasteiger partial charge in [-0.3, -0.25) is 4.79 Å². The standard InChI is InChI=1S/C22H20N4O5S/c1-13-14(12-25-31-13)11-24-22(28)30-16-4-6-17-18(10-23)21(32-19(17)9-16)26-20(27)7-5-15-3-2-8-29-15/h2-3,5,7-8,12,16H,4,6,9,11H2,1H3,(H,24,28)(H,26,27). The number of thiophene rings is 1. The first-order valence-electron chi connectivity index (χ1n) is 9.95. The van der Waals surface area contributed by atoms with Crippen LogP contribution in [0.4, 0.5) is 9.80 Å². The molecule has 2 N–H and O–H groups in total. The Labute approximate surface area is 187 Å². The van der Waals surface area contributed by atoms with Crippen LogP contribution in [0.2, 0.25) is 0 Å². The van der Waals surface area contributed by atoms with Crippen molar-refractivity contribution >= 4 is 34.4 Å². The van der Waals surface area contributed by atoms with E-state index < -0.39 is 6.09 Å². The number of carbonyl (C=O) groups excluding carboxylic acids is 2. The van der Waals surface area contributed by atoms with Crippen molar-refractivity contribution in [2.75, 3.05) is 5.32 Å². The number of hydrogen-bond donors (Lipinski definition) is 2. The van der Waals surface area contributed by atoms with E-state index in [1.54, 1.807) is 31.3 Å². The van der Waals surface area contributed by atoms with Gasteiger partial charge in [0.2, 0.25) is 5.91 Å². The zero-order chi connectivity index (χ0) is 22.5. The minimum atomic E-state index is -0.521. The molecular weight excluding hydrogens is 432 g/mol. The van der Waals surface area contributed by atoms with Gasteiger partial charge in [0.15, 0.2) is 0 Å². The maximum Gasteiger partial charge on any atom is 0.407 e. The number of carbonyl (C=O) groups is 2. The predicted molar refractivity (Wildman–Crippen MR) is 116 cm³/mol. The fourth-order valence-electron chi connectivity index (χ4n) is 3.41. The maximum atomic E-state index is 12.3. The number of amides is 2. The third kappa shape index (κ3) is 4.90. The molecule has 0 aromatic carbocycles. The number of alkyl carbamates (subject to hydrolysis) is 1. The lowest BCUT2D eigenvalue weighted by Crippen LogP contribution is -2.31. The SMILES string of the molecule is Cc1oncc1CNC(=O)OC1CCc2c(sc(NC(=O)C=Cc3ccco3)c2C#N)C1. The Kier molecular flexibility index (Phi) is 6.37. The van der Waals surface area contributed by atoms with Gasteiger partial charge >= 0.3 is 6.09 Å². The smallest absolute Gasteiger partial charge is 0.407 e. The fraction of sp³-hybridized carbons (Fsp3) is 0.273. The summed E-state index contributed by atoms with van der Waals surface area (Å²) in [7, 11) is 0. The summed E-state index contributed by atoms with van der Waals surface area (Å²) in [6.45, 7) is 2.04. The van der Waals surface area contributed by atoms with Crippen molar-refractivity contribution in [3.05, 3.63) is 63.8 Å². The lowest BCUT2D eigenvalue weighted by molar-refractivity contribution is -0.111. The van der Waals surface area contributed by atoms with Gasteiger partial charge in [-0.1, -0.05) is 5.16 Å². The van der Waals surface area contributed by atoms with E-state index >= 15 is 0 Å². The molecule has 1 unspecified atom stereocenters. The molecule has 1 aliphatic rings. The van der Waals surface area contributed by atoms with Gasteiger partial charge in [-0.25, -0.2) is 4.79 Å². The van der Waals surface area contributed by atoms with Gasteiger partial charge in [-0.2, -0.15) is 5.26 Å². The molecule has 0 saturated carbocycles. The summed E-state index contributed by atoms with van der Waals surface area (Å²) in [5.74, 6) is 0.847. The van der Waals surface area contributed by atoms with E-state index in [9.17, 15) is 14.9 Å². The topological polar surface area (TPSA) is 130 Å². The van der Waals surface area contributed by atoms with Gasteiger partial charge in [0.1, 0.15) is 28.7 Å². The molecule has 3 aromatic rings. The van der Waals surface area contributed by atoms with Crippen LogP contribution in [0.3, 0.4) is 0 Å². The van der Waals surface area contributed by atoms with Gasteiger partial charge in [0, 0.05) is 22.9 Å². The molecule has 2 amide bonds. The summed E-state index contributed by atoms with van der Waals surface area (Å²) in [4.78, 5) is 25.4. The van der Waals surface area contributed by atoms with Crippen LogP contribution in [-0.2, 0) is 28.9 Å². The average molecular weight is 452 g/mol. The van der Waals surface area contributed by atoms with Crippen molar-refractivity contribution in [1.29, 1.82) is 5.26 Å². The number of ether oxygens (including phenoxy) is 1. The third-order valence-corrected chi connectivity index (χ3v) is 6.23. The van der Waals surface area contributed by atoms with Crippen LogP contribution in [-0.4, -0.2) is 23.3 Å². The molecule has 0 spiro atoms. The quantitative estimate of drug-likeness (QED) is 0.542. The first kappa shape index (κ1) is 21.4. The molecule has 0 fully saturated rings. The second-order valence-corrected chi connectivity index (χ2v) is 8.29. The first-order valence-corrected chi connectivity index (χ1v) is 10.8. The number of aromatic nitrogens is 1. The van der Waals surface area contributed by atoms with E-state index in [-0.39, 0.29) is 18.6 Å². The molecule has 0 bridgehead atoms. The maximum absolute atomic E-state index is 12.3. The molecule has 3 heterocycles. The Hall–Kier alpha value is -3.84. The van der Waals surface area contributed by atoms with E-state index in [4.69, 9.17) is 13.7 Å². The zero-order valence-corrected chi connectivity index (χ0v) is 18.0. The molecule has 1 aliphatic carbocycles. The van der Waals surface area contributed by atoms with Crippen LogP contribution in [0, 0.1) is 18.3 Å². The minimum absolute atomic E-state index is 0.269. The number of anilines is 1. The van der Waals surface area contributed by atoms with Crippen LogP contribution in [0.25, 0.3) is 6.08 Å². The van der Waals surface area contributed by atoms with E-state index in [1.165, 1.54) is 23.7 Å². The summed E-state index contributed by atoms with van der Waals surface area (Å²) in [5, 5.41) is 19.3. The molecule has 3 aromatic heterocycles. The first-order chi connectivity index (χ1) is 15.5. The number of nitrogens with zero attached hydrogens (tertiary/aromatic N) is 2. The molecule has 0 radical (unpaired) electrons. The van der Waals surface area contributed by atoms with Gasteiger partial charge < -0.3 is 24.3 Å². The lowest BCUT2D eigenvalue weighted by Gasteiger charge is -2.22. The van der Waals surface area contributed by atoms with E-state index in [0.717, 1.165) is 16.0 Å². The van der Waals surface area contributed by atoms with E-state index in [1.807, 2.05) is 0 Å². The van der Waals surface area contributed by atoms with Crippen LogP contribution in [0.1, 0.15) is 39.5 Å². The van der Waals surface area contributed by atoms with Gasteiger partial charge in [0.05, 0.1) is 24.6 Å². The van der Waals surface area contributed by atoms with Crippen molar-refractivity contribution in [2.45, 2.75) is 38.8 Å². The van der Waals surface area contributed by atoms with Crippen LogP contribution < -0.4 is 10.6 Å². The molecule has 10 heteroatoms. The van der Waals surface area contributed by atoms with Crippen LogP contribution in [0.5, 0.6) is 0 Å². The van der Waals surface area contributed by atoms with Crippen molar-refractivity contribution in [3.8, 4) is 6.07 Å². The van der Waals surface area contributed by atoms with Gasteiger partial charge in [-0.15, -0.1) is 11.3 Å². The number of furan rings is 1. The molecular formula is C22H20N4O5S. The Morgan fingerprint density at radius 2 is 2.34 bits per heavy atom. The second-order valence-electron chi connectivity index (χ2n) is 7.19. The Bertz CT molecular complexity index is 1190. The van der Waals surface area contributed by atoms with E-state index in [2.05, 4.69) is 21.9 Å². The van der Waals surface area contributed by atoms with Gasteiger partial charge in [0.25, 0.3) is 0 Å². The number of aryl methyl sites for hydroxylation is 1. The molecule has 164 valence electrons. The average Bonchev–Trinajstić information content (AvgIpc) is 3.50. The number of fused-ring (bicyclic) bond motifs is 1. The molecule has 4 rings (SSSR count). The van der Waals surface area contributed by atoms with Crippen molar-refractivity contribution in [1.82, 2.24) is 10.5 Å². The number of rotatable bonds is 6. The number of nitriles is 1. The van der Waals surface area contributed by atoms with Crippen molar-refractivity contribution in [2.24, 2.45) is 0 Å². The summed E-state index contributed by atoms with van der Waals surface area (Å²) >= 11 is 1.34. The molecule has 0 saturated heterocycles. The molecule has 0 aliphatic heterocycles. The monoisotopic (exact) mass is 452 g/mol. The van der Waals surface area contributed by atoms with Crippen LogP contribution >= 0.6 is 11.3 Å². The Balaban J connectivity index is 1.36. The summed E-state index contributed by atoms with van der Waals surface area (Å²) in [5.41, 5.74) is 2.16. The second kappa shape index (κ2) is 9.53. The minimum Gasteiger partial charge on any atom is -0.465 e. The third-order valence-electron chi connectivity index (χ3n) is 5.06. The summed E-state index contributed by atoms with van der Waals surface area (Å²) < 4.78 is 15.7. The van der Waals surface area contributed by atoms with E-state index in [0.29, 0.717) is 41.3 Å². The normalized spacial score (nSPS) is 15.2. The van der Waals surface area contributed by atoms with Crippen LogP contribution in [0.15, 0.2) is 39.6 Å². The summed E-state index contributed by atoms with van der Waals surface area (Å²) in [6.07, 6.45) is 6.84. The highest BCUT2D eigenvalue weighted by Gasteiger charge is 2.28. The lowest BCUT2D eigenvalue weighted by atomic mass is 9.94. The Morgan fingerprint density at radius 1 is 1.47 bits per heavy atom. The highest BCUT2D eigenvalue weighted by molar-refractivity contribution is 7.16. The van der Waals surface area contributed by atoms with Gasteiger partial charge in [-0.05, 0) is 43.5 Å². The van der Waals surface area contributed by atoms with Crippen molar-refractivity contribution < 1.29 is 23.3 Å². The number of hydrogen-bond acceptors (Lipinski definition) is 8. The fourth-order valence-corrected chi connectivity index (χ4v) is 4.67. The highest BCUT2D eigenvalue weighted by Crippen LogP contribution is 2.38. The molecule has 9 nitrogen and oxygen atoms in total. The Morgan fingerprint density at radius 3 is 3.06 bits per heavy atom. The highest BCUT2D eigenvalue weighted by atomic mass is 32.1. The molecule has 32 heavy (non-hydrogen) atoms. The van der Waals surface area contributed by atoms with Crippen molar-refractivity contribution in [3.63, 3.8) is 0 Å². The largest absolute Gasteiger partial charge is 0.465 e. The molecule has 1 atom stereocenters. The zero-order valence-electron chi connectivity index (χ0n) is 17.2.